The standard InChI is InChI=1S/C9H11N3O2S2/c1-12(7-2-3-16(13,14)5-7)9-8(4-10)15-6-11-9/h6-7H,2-3,5H2,1H3. The zero-order valence-electron chi connectivity index (χ0n) is 8.75. The van der Waals surface area contributed by atoms with Crippen LogP contribution >= 0.6 is 11.3 Å². The summed E-state index contributed by atoms with van der Waals surface area (Å²) in [5, 5.41) is 8.88. The minimum absolute atomic E-state index is 0.0563. The third-order valence-corrected chi connectivity index (χ3v) is 5.21. The van der Waals surface area contributed by atoms with Crippen molar-refractivity contribution in [1.82, 2.24) is 4.98 Å². The van der Waals surface area contributed by atoms with E-state index in [-0.39, 0.29) is 17.5 Å². The van der Waals surface area contributed by atoms with Gasteiger partial charge in [-0.2, -0.15) is 5.26 Å². The van der Waals surface area contributed by atoms with Crippen molar-refractivity contribution in [2.75, 3.05) is 23.5 Å². The van der Waals surface area contributed by atoms with E-state index in [9.17, 15) is 8.42 Å². The predicted octanol–water partition coefficient (Wildman–Crippen LogP) is 0.638. The molecule has 1 unspecified atom stereocenters. The lowest BCUT2D eigenvalue weighted by molar-refractivity contribution is 0.600. The van der Waals surface area contributed by atoms with Crippen LogP contribution in [-0.2, 0) is 9.84 Å². The van der Waals surface area contributed by atoms with Gasteiger partial charge in [0, 0.05) is 13.1 Å². The van der Waals surface area contributed by atoms with Crippen LogP contribution in [0.15, 0.2) is 5.51 Å². The second-order valence-corrected chi connectivity index (χ2v) is 6.87. The van der Waals surface area contributed by atoms with E-state index in [2.05, 4.69) is 11.1 Å². The SMILES string of the molecule is CN(c1ncsc1C#N)C1CCS(=O)(=O)C1. The minimum atomic E-state index is -2.90. The van der Waals surface area contributed by atoms with Gasteiger partial charge in [0.25, 0.3) is 0 Å². The van der Waals surface area contributed by atoms with Gasteiger partial charge in [-0.1, -0.05) is 0 Å². The maximum absolute atomic E-state index is 11.4. The number of nitrogens with zero attached hydrogens (tertiary/aromatic N) is 3. The number of thiazole rings is 1. The summed E-state index contributed by atoms with van der Waals surface area (Å²) in [5.74, 6) is 0.981. The second-order valence-electron chi connectivity index (χ2n) is 3.78. The number of hydrogen-bond acceptors (Lipinski definition) is 6. The van der Waals surface area contributed by atoms with E-state index >= 15 is 0 Å². The van der Waals surface area contributed by atoms with Crippen molar-refractivity contribution in [3.63, 3.8) is 0 Å². The Morgan fingerprint density at radius 3 is 3.00 bits per heavy atom. The summed E-state index contributed by atoms with van der Waals surface area (Å²) in [5.41, 5.74) is 1.60. The molecule has 0 aromatic carbocycles. The summed E-state index contributed by atoms with van der Waals surface area (Å²) in [7, 11) is -1.11. The van der Waals surface area contributed by atoms with E-state index in [0.29, 0.717) is 17.1 Å². The van der Waals surface area contributed by atoms with Crippen molar-refractivity contribution >= 4 is 27.0 Å². The molecule has 7 heteroatoms. The molecule has 86 valence electrons. The fourth-order valence-corrected chi connectivity index (χ4v) is 4.21. The molecule has 0 N–H and O–H groups in total. The van der Waals surface area contributed by atoms with Crippen LogP contribution in [0.2, 0.25) is 0 Å². The lowest BCUT2D eigenvalue weighted by Gasteiger charge is -2.23. The summed E-state index contributed by atoms with van der Waals surface area (Å²) < 4.78 is 22.7. The molecule has 1 atom stereocenters. The minimum Gasteiger partial charge on any atom is -0.354 e. The zero-order chi connectivity index (χ0) is 11.8. The van der Waals surface area contributed by atoms with Gasteiger partial charge in [0.15, 0.2) is 15.7 Å². The maximum Gasteiger partial charge on any atom is 0.157 e. The van der Waals surface area contributed by atoms with Crippen molar-refractivity contribution in [2.24, 2.45) is 0 Å². The highest BCUT2D eigenvalue weighted by Gasteiger charge is 2.32. The first kappa shape index (κ1) is 11.4. The molecular formula is C9H11N3O2S2. The monoisotopic (exact) mass is 257 g/mol. The van der Waals surface area contributed by atoms with Crippen LogP contribution in [0.4, 0.5) is 5.82 Å². The van der Waals surface area contributed by atoms with Crippen LogP contribution in [0.5, 0.6) is 0 Å². The van der Waals surface area contributed by atoms with Crippen molar-refractivity contribution in [2.45, 2.75) is 12.5 Å². The molecule has 2 rings (SSSR count). The normalized spacial score (nSPS) is 22.9. The van der Waals surface area contributed by atoms with Gasteiger partial charge in [-0.3, -0.25) is 0 Å². The van der Waals surface area contributed by atoms with Gasteiger partial charge in [-0.25, -0.2) is 13.4 Å². The van der Waals surface area contributed by atoms with Gasteiger partial charge < -0.3 is 4.90 Å². The van der Waals surface area contributed by atoms with Crippen molar-refractivity contribution < 1.29 is 8.42 Å². The number of rotatable bonds is 2. The van der Waals surface area contributed by atoms with Crippen LogP contribution in [0.3, 0.4) is 0 Å². The number of nitriles is 1. The summed E-state index contributed by atoms with van der Waals surface area (Å²) in [6.45, 7) is 0. The lowest BCUT2D eigenvalue weighted by atomic mass is 10.2. The summed E-state index contributed by atoms with van der Waals surface area (Å²) >= 11 is 1.27. The molecule has 1 aliphatic rings. The van der Waals surface area contributed by atoms with Crippen molar-refractivity contribution in [3.05, 3.63) is 10.4 Å². The first-order valence-corrected chi connectivity index (χ1v) is 7.50. The van der Waals surface area contributed by atoms with Crippen molar-refractivity contribution in [1.29, 1.82) is 5.26 Å². The van der Waals surface area contributed by atoms with Crippen LogP contribution in [0, 0.1) is 11.3 Å². The molecule has 0 radical (unpaired) electrons. The average Bonchev–Trinajstić information content (AvgIpc) is 2.82. The molecule has 1 aromatic heterocycles. The van der Waals surface area contributed by atoms with E-state index in [0.717, 1.165) is 0 Å². The van der Waals surface area contributed by atoms with Crippen molar-refractivity contribution in [3.8, 4) is 6.07 Å². The Morgan fingerprint density at radius 2 is 2.44 bits per heavy atom. The van der Waals surface area contributed by atoms with E-state index in [1.54, 1.807) is 17.5 Å². The Bertz CT molecular complexity index is 529. The second kappa shape index (κ2) is 4.03. The zero-order valence-corrected chi connectivity index (χ0v) is 10.4. The van der Waals surface area contributed by atoms with E-state index in [1.807, 2.05) is 0 Å². The lowest BCUT2D eigenvalue weighted by Crippen LogP contribution is -2.33. The molecule has 0 amide bonds. The smallest absolute Gasteiger partial charge is 0.157 e. The third kappa shape index (κ3) is 2.03. The largest absolute Gasteiger partial charge is 0.354 e. The third-order valence-electron chi connectivity index (χ3n) is 2.74. The molecule has 1 aliphatic heterocycles. The van der Waals surface area contributed by atoms with E-state index in [4.69, 9.17) is 5.26 Å². The van der Waals surface area contributed by atoms with E-state index in [1.165, 1.54) is 11.3 Å². The molecule has 0 aliphatic carbocycles. The molecule has 16 heavy (non-hydrogen) atoms. The first-order valence-electron chi connectivity index (χ1n) is 4.80. The number of hydrogen-bond donors (Lipinski definition) is 0. The molecular weight excluding hydrogens is 246 g/mol. The Labute approximate surface area is 98.3 Å². The molecule has 1 saturated heterocycles. The maximum atomic E-state index is 11.4. The molecule has 0 saturated carbocycles. The molecule has 0 bridgehead atoms. The molecule has 2 heterocycles. The number of aromatic nitrogens is 1. The Kier molecular flexibility index (Phi) is 2.86. The average molecular weight is 257 g/mol. The Morgan fingerprint density at radius 1 is 1.69 bits per heavy atom. The van der Waals surface area contributed by atoms with E-state index < -0.39 is 9.84 Å². The fraction of sp³-hybridized carbons (Fsp3) is 0.556. The highest BCUT2D eigenvalue weighted by atomic mass is 32.2. The van der Waals surface area contributed by atoms with Crippen LogP contribution in [-0.4, -0.2) is 38.0 Å². The first-order chi connectivity index (χ1) is 7.53. The quantitative estimate of drug-likeness (QED) is 0.777. The van der Waals surface area contributed by atoms with Gasteiger partial charge in [0.1, 0.15) is 10.9 Å². The fourth-order valence-electron chi connectivity index (χ4n) is 1.82. The van der Waals surface area contributed by atoms with Gasteiger partial charge in [-0.05, 0) is 6.42 Å². The summed E-state index contributed by atoms with van der Waals surface area (Å²) in [4.78, 5) is 6.45. The van der Waals surface area contributed by atoms with Crippen LogP contribution < -0.4 is 4.90 Å². The van der Waals surface area contributed by atoms with Gasteiger partial charge in [0.2, 0.25) is 0 Å². The topological polar surface area (TPSA) is 74.1 Å². The molecule has 0 spiro atoms. The molecule has 1 aromatic rings. The van der Waals surface area contributed by atoms with Gasteiger partial charge >= 0.3 is 0 Å². The van der Waals surface area contributed by atoms with Crippen LogP contribution in [0.1, 0.15) is 11.3 Å². The van der Waals surface area contributed by atoms with Gasteiger partial charge in [0.05, 0.1) is 17.0 Å². The Balaban J connectivity index is 2.21. The molecule has 5 nitrogen and oxygen atoms in total. The summed E-state index contributed by atoms with van der Waals surface area (Å²) in [6, 6.07) is 2.01. The number of sulfone groups is 1. The predicted molar refractivity (Wildman–Crippen MR) is 62.3 cm³/mol. The Hall–Kier alpha value is -1.13. The highest BCUT2D eigenvalue weighted by Crippen LogP contribution is 2.26. The molecule has 1 fully saturated rings. The summed E-state index contributed by atoms with van der Waals surface area (Å²) in [6.07, 6.45) is 0.612. The van der Waals surface area contributed by atoms with Gasteiger partial charge in [-0.15, -0.1) is 11.3 Å². The highest BCUT2D eigenvalue weighted by molar-refractivity contribution is 7.91. The number of anilines is 1. The van der Waals surface area contributed by atoms with Crippen LogP contribution in [0.25, 0.3) is 0 Å².